The quantitative estimate of drug-likeness (QED) is 0.335. The number of pyridine rings is 1. The molecule has 10 heteroatoms. The first-order chi connectivity index (χ1) is 20.5. The summed E-state index contributed by atoms with van der Waals surface area (Å²) < 4.78 is 36.7. The minimum Gasteiger partial charge on any atom is -0.508 e. The Morgan fingerprint density at radius 1 is 1.05 bits per heavy atom. The minimum absolute atomic E-state index is 0.0391. The molecule has 0 saturated carbocycles. The number of halogens is 2. The fraction of sp³-hybridized carbons (Fsp3) is 0.469. The third-order valence-electron chi connectivity index (χ3n) is 9.94. The molecule has 4 aliphatic rings. The Morgan fingerprint density at radius 3 is 2.71 bits per heavy atom. The summed E-state index contributed by atoms with van der Waals surface area (Å²) in [6, 6.07) is 11.5. The SMILES string of the molecule is Oc1cc(-c2ncc3c(N4C[C@H]5CC[C@@H](C4)N5)nc(OCC45CCCN4C(CF)CC5)nc3c2F)c2ccccc2c1. The molecule has 4 aromatic rings. The third-order valence-corrected chi connectivity index (χ3v) is 9.94. The number of nitrogens with zero attached hydrogens (tertiary/aromatic N) is 5. The van der Waals surface area contributed by atoms with E-state index in [1.807, 2.05) is 24.3 Å². The van der Waals surface area contributed by atoms with Gasteiger partial charge < -0.3 is 20.1 Å². The van der Waals surface area contributed by atoms with Crippen molar-refractivity contribution in [2.24, 2.45) is 0 Å². The standard InChI is InChI=1S/C32H34F2N6O2/c33-14-22-8-10-32(9-3-11-40(22)32)18-42-31-37-29-26(30(38-31)39-16-20-6-7-21(17-39)36-20)15-35-28(27(29)34)25-13-23(41)12-19-4-1-2-5-24(19)25/h1-2,4-5,12-13,15,20-22,36,41H,3,6-11,14,16-18H2/t20-,21+,22?,32?. The lowest BCUT2D eigenvalue weighted by Crippen LogP contribution is -2.51. The second-order valence-electron chi connectivity index (χ2n) is 12.4. The molecule has 8 rings (SSSR count). The molecule has 218 valence electrons. The molecule has 4 saturated heterocycles. The van der Waals surface area contributed by atoms with Crippen LogP contribution in [-0.4, -0.2) is 81.5 Å². The number of hydrogen-bond acceptors (Lipinski definition) is 8. The maximum Gasteiger partial charge on any atom is 0.319 e. The van der Waals surface area contributed by atoms with Crippen molar-refractivity contribution >= 4 is 27.5 Å². The number of aromatic nitrogens is 3. The average Bonchev–Trinajstić information content (AvgIpc) is 3.68. The Bertz CT molecular complexity index is 1670. The number of piperazine rings is 1. The lowest BCUT2D eigenvalue weighted by Gasteiger charge is -2.35. The molecule has 8 nitrogen and oxygen atoms in total. The summed E-state index contributed by atoms with van der Waals surface area (Å²) in [4.78, 5) is 18.6. The van der Waals surface area contributed by atoms with Crippen LogP contribution in [0.1, 0.15) is 38.5 Å². The van der Waals surface area contributed by atoms with Crippen LogP contribution >= 0.6 is 0 Å². The maximum absolute atomic E-state index is 16.6. The molecule has 4 fully saturated rings. The number of ether oxygens (including phenoxy) is 1. The molecule has 2 unspecified atom stereocenters. The third kappa shape index (κ3) is 4.18. The van der Waals surface area contributed by atoms with Gasteiger partial charge in [0, 0.05) is 43.0 Å². The van der Waals surface area contributed by atoms with Crippen LogP contribution in [0.5, 0.6) is 11.8 Å². The molecule has 4 aliphatic heterocycles. The lowest BCUT2D eigenvalue weighted by molar-refractivity contribution is 0.0772. The highest BCUT2D eigenvalue weighted by atomic mass is 19.1. The topological polar surface area (TPSA) is 86.6 Å². The zero-order valence-electron chi connectivity index (χ0n) is 23.4. The van der Waals surface area contributed by atoms with E-state index in [-0.39, 0.29) is 41.2 Å². The predicted molar refractivity (Wildman–Crippen MR) is 157 cm³/mol. The second-order valence-corrected chi connectivity index (χ2v) is 12.4. The van der Waals surface area contributed by atoms with Crippen LogP contribution in [0.2, 0.25) is 0 Å². The molecular weight excluding hydrogens is 538 g/mol. The molecule has 6 heterocycles. The van der Waals surface area contributed by atoms with Crippen molar-refractivity contribution in [1.82, 2.24) is 25.2 Å². The van der Waals surface area contributed by atoms with E-state index in [1.165, 1.54) is 0 Å². The Hall–Kier alpha value is -3.63. The van der Waals surface area contributed by atoms with Gasteiger partial charge in [-0.15, -0.1) is 0 Å². The molecule has 4 atom stereocenters. The Labute approximate surface area is 242 Å². The van der Waals surface area contributed by atoms with Crippen molar-refractivity contribution in [2.75, 3.05) is 37.8 Å². The number of aromatic hydroxyl groups is 1. The summed E-state index contributed by atoms with van der Waals surface area (Å²) in [5, 5.41) is 16.2. The van der Waals surface area contributed by atoms with Crippen LogP contribution < -0.4 is 15.0 Å². The predicted octanol–water partition coefficient (Wildman–Crippen LogP) is 4.98. The zero-order valence-corrected chi connectivity index (χ0v) is 23.4. The van der Waals surface area contributed by atoms with Crippen LogP contribution in [0.15, 0.2) is 42.6 Å². The Morgan fingerprint density at radius 2 is 1.88 bits per heavy atom. The van der Waals surface area contributed by atoms with E-state index in [2.05, 4.69) is 25.1 Å². The molecule has 2 aromatic heterocycles. The molecule has 2 aromatic carbocycles. The van der Waals surface area contributed by atoms with Gasteiger partial charge in [-0.1, -0.05) is 24.3 Å². The minimum atomic E-state index is -0.575. The van der Waals surface area contributed by atoms with E-state index in [1.54, 1.807) is 18.3 Å². The van der Waals surface area contributed by atoms with E-state index in [4.69, 9.17) is 9.72 Å². The van der Waals surface area contributed by atoms with Gasteiger partial charge in [0.15, 0.2) is 5.82 Å². The van der Waals surface area contributed by atoms with E-state index in [0.717, 1.165) is 68.9 Å². The van der Waals surface area contributed by atoms with Crippen molar-refractivity contribution in [3.63, 3.8) is 0 Å². The van der Waals surface area contributed by atoms with E-state index >= 15 is 4.39 Å². The Kier molecular flexibility index (Phi) is 6.19. The number of fused-ring (bicyclic) bond motifs is 5. The fourth-order valence-electron chi connectivity index (χ4n) is 7.95. The van der Waals surface area contributed by atoms with Gasteiger partial charge in [0.1, 0.15) is 36.1 Å². The van der Waals surface area contributed by atoms with E-state index in [0.29, 0.717) is 35.5 Å². The van der Waals surface area contributed by atoms with Gasteiger partial charge >= 0.3 is 6.01 Å². The summed E-state index contributed by atoms with van der Waals surface area (Å²) in [5.74, 6) is 0.0898. The molecule has 2 N–H and O–H groups in total. The first-order valence-electron chi connectivity index (χ1n) is 15.1. The first kappa shape index (κ1) is 26.0. The van der Waals surface area contributed by atoms with Gasteiger partial charge in [-0.05, 0) is 68.0 Å². The zero-order chi connectivity index (χ0) is 28.4. The largest absolute Gasteiger partial charge is 0.508 e. The normalized spacial score (nSPS) is 27.3. The highest BCUT2D eigenvalue weighted by Crippen LogP contribution is 2.43. The van der Waals surface area contributed by atoms with Gasteiger partial charge in [0.05, 0.1) is 10.9 Å². The summed E-state index contributed by atoms with van der Waals surface area (Å²) in [6.45, 7) is 2.39. The molecule has 42 heavy (non-hydrogen) atoms. The number of alkyl halides is 1. The monoisotopic (exact) mass is 572 g/mol. The lowest BCUT2D eigenvalue weighted by atomic mass is 9.95. The molecule has 0 aliphatic carbocycles. The van der Waals surface area contributed by atoms with Gasteiger partial charge in [0.2, 0.25) is 0 Å². The van der Waals surface area contributed by atoms with Crippen molar-refractivity contribution < 1.29 is 18.6 Å². The summed E-state index contributed by atoms with van der Waals surface area (Å²) in [5.41, 5.74) is 0.530. The highest BCUT2D eigenvalue weighted by molar-refractivity contribution is 5.99. The van der Waals surface area contributed by atoms with Crippen molar-refractivity contribution in [1.29, 1.82) is 0 Å². The maximum atomic E-state index is 16.6. The molecule has 0 spiro atoms. The van der Waals surface area contributed by atoms with Gasteiger partial charge in [-0.2, -0.15) is 9.97 Å². The second kappa shape index (κ2) is 9.98. The summed E-state index contributed by atoms with van der Waals surface area (Å²) >= 11 is 0. The van der Waals surface area contributed by atoms with Crippen LogP contribution in [0.4, 0.5) is 14.6 Å². The molecule has 0 amide bonds. The molecule has 0 radical (unpaired) electrons. The fourth-order valence-corrected chi connectivity index (χ4v) is 7.95. The summed E-state index contributed by atoms with van der Waals surface area (Å²) in [7, 11) is 0. The number of benzene rings is 2. The van der Waals surface area contributed by atoms with Gasteiger partial charge in [-0.3, -0.25) is 9.88 Å². The molecular formula is C32H34F2N6O2. The van der Waals surface area contributed by atoms with Crippen LogP contribution in [0.25, 0.3) is 32.9 Å². The van der Waals surface area contributed by atoms with Gasteiger partial charge in [0.25, 0.3) is 0 Å². The Balaban J connectivity index is 1.23. The van der Waals surface area contributed by atoms with Crippen molar-refractivity contribution in [3.8, 4) is 23.0 Å². The van der Waals surface area contributed by atoms with E-state index in [9.17, 15) is 9.50 Å². The number of anilines is 1. The number of nitrogens with one attached hydrogen (secondary N) is 1. The van der Waals surface area contributed by atoms with E-state index < -0.39 is 5.82 Å². The smallest absolute Gasteiger partial charge is 0.319 e. The van der Waals surface area contributed by atoms with Crippen molar-refractivity contribution in [2.45, 2.75) is 62.2 Å². The van der Waals surface area contributed by atoms with Crippen LogP contribution in [0.3, 0.4) is 0 Å². The van der Waals surface area contributed by atoms with Crippen LogP contribution in [-0.2, 0) is 0 Å². The summed E-state index contributed by atoms with van der Waals surface area (Å²) in [6.07, 6.45) is 7.49. The molecule has 2 bridgehead atoms. The van der Waals surface area contributed by atoms with Crippen LogP contribution in [0, 0.1) is 5.82 Å². The first-order valence-corrected chi connectivity index (χ1v) is 15.1. The highest BCUT2D eigenvalue weighted by Gasteiger charge is 2.50. The number of rotatable bonds is 6. The number of phenols is 1. The average molecular weight is 573 g/mol. The number of phenolic OH excluding ortho intramolecular Hbond substituents is 1. The van der Waals surface area contributed by atoms with Gasteiger partial charge in [-0.25, -0.2) is 8.78 Å². The number of hydrogen-bond donors (Lipinski definition) is 2. The van der Waals surface area contributed by atoms with Crippen molar-refractivity contribution in [3.05, 3.63) is 48.4 Å².